The minimum atomic E-state index is -3.23. The highest BCUT2D eigenvalue weighted by atomic mass is 32.2. The van der Waals surface area contributed by atoms with Gasteiger partial charge in [-0.15, -0.1) is 0 Å². The Bertz CT molecular complexity index is 256. The summed E-state index contributed by atoms with van der Waals surface area (Å²) in [6.45, 7) is 0. The van der Waals surface area contributed by atoms with Crippen molar-refractivity contribution in [3.05, 3.63) is 0 Å². The highest BCUT2D eigenvalue weighted by Gasteiger charge is 2.26. The summed E-state index contributed by atoms with van der Waals surface area (Å²) in [6, 6.07) is 0.134. The van der Waals surface area contributed by atoms with Gasteiger partial charge in [0.15, 0.2) is 0 Å². The van der Waals surface area contributed by atoms with E-state index < -0.39 is 10.0 Å². The maximum Gasteiger partial charge on any atom is 0.218 e. The molecule has 0 aromatic carbocycles. The molecule has 0 atom stereocenters. The maximum atomic E-state index is 11.0. The highest BCUT2D eigenvalue weighted by Crippen LogP contribution is 2.19. The molecule has 4 nitrogen and oxygen atoms in total. The molecule has 0 radical (unpaired) electrons. The molecule has 1 aliphatic carbocycles. The van der Waals surface area contributed by atoms with Gasteiger partial charge in [-0.2, -0.15) is 0 Å². The third-order valence-electron chi connectivity index (χ3n) is 1.26. The third kappa shape index (κ3) is 3.64. The average molecular weight is 194 g/mol. The Labute approximate surface area is 71.2 Å². The second kappa shape index (κ2) is 3.04. The molecule has 0 aromatic rings. The van der Waals surface area contributed by atoms with Crippen molar-refractivity contribution in [1.82, 2.24) is 4.72 Å². The zero-order valence-electron chi connectivity index (χ0n) is 5.91. The fraction of sp³-hybridized carbons (Fsp3) is 0.800. The molecule has 11 heavy (non-hydrogen) atoms. The number of nitrogens with one attached hydrogen (secondary N) is 1. The predicted octanol–water partition coefficient (Wildman–Crippen LogP) is -0.646. The van der Waals surface area contributed by atoms with Crippen LogP contribution in [0.15, 0.2) is 0 Å². The first-order chi connectivity index (χ1) is 4.99. The summed E-state index contributed by atoms with van der Waals surface area (Å²) in [4.78, 5) is 0.0122. The lowest BCUT2D eigenvalue weighted by Gasteiger charge is -2.02. The molecule has 0 heterocycles. The zero-order chi connectivity index (χ0) is 8.48. The number of rotatable bonds is 4. The minimum Gasteiger partial charge on any atom is -0.392 e. The number of hydrogen-bond donors (Lipinski definition) is 2. The van der Waals surface area contributed by atoms with Crippen molar-refractivity contribution in [2.75, 3.05) is 5.75 Å². The van der Waals surface area contributed by atoms with Crippen LogP contribution in [0.5, 0.6) is 0 Å². The van der Waals surface area contributed by atoms with Crippen LogP contribution in [0, 0.1) is 0 Å². The molecular weight excluding hydrogens is 184 g/mol. The third-order valence-corrected chi connectivity index (χ3v) is 2.97. The molecule has 1 rings (SSSR count). The summed E-state index contributed by atoms with van der Waals surface area (Å²) in [5.74, 6) is -0.237. The van der Waals surface area contributed by atoms with E-state index in [9.17, 15) is 8.42 Å². The van der Waals surface area contributed by atoms with Crippen molar-refractivity contribution in [3.8, 4) is 0 Å². The van der Waals surface area contributed by atoms with Crippen LogP contribution < -0.4 is 10.5 Å². The molecule has 0 aromatic heterocycles. The monoisotopic (exact) mass is 194 g/mol. The van der Waals surface area contributed by atoms with E-state index in [0.717, 1.165) is 12.8 Å². The molecule has 0 spiro atoms. The SMILES string of the molecule is NC(=S)CS(=O)(=O)NC1CC1. The van der Waals surface area contributed by atoms with Crippen molar-refractivity contribution in [2.45, 2.75) is 18.9 Å². The predicted molar refractivity (Wildman–Crippen MR) is 46.7 cm³/mol. The Morgan fingerprint density at radius 1 is 1.64 bits per heavy atom. The molecule has 0 unspecified atom stereocenters. The first-order valence-corrected chi connectivity index (χ1v) is 5.34. The van der Waals surface area contributed by atoms with Crippen molar-refractivity contribution in [2.24, 2.45) is 5.73 Å². The fourth-order valence-corrected chi connectivity index (χ4v) is 2.35. The summed E-state index contributed by atoms with van der Waals surface area (Å²) in [6.07, 6.45) is 1.85. The Morgan fingerprint density at radius 3 is 2.55 bits per heavy atom. The lowest BCUT2D eigenvalue weighted by atomic mass is 10.8. The Hall–Kier alpha value is -0.200. The molecule has 0 saturated heterocycles. The van der Waals surface area contributed by atoms with Gasteiger partial charge in [0, 0.05) is 6.04 Å². The summed E-state index contributed by atoms with van der Waals surface area (Å²) < 4.78 is 24.5. The molecular formula is C5H10N2O2S2. The number of hydrogen-bond acceptors (Lipinski definition) is 3. The van der Waals surface area contributed by atoms with Crippen LogP contribution in [-0.4, -0.2) is 25.2 Å². The Morgan fingerprint density at radius 2 is 2.18 bits per heavy atom. The maximum absolute atomic E-state index is 11.0. The topological polar surface area (TPSA) is 72.2 Å². The van der Waals surface area contributed by atoms with Gasteiger partial charge in [0.05, 0.1) is 4.99 Å². The Balaban J connectivity index is 2.44. The standard InChI is InChI=1S/C5H10N2O2S2/c6-5(10)3-11(8,9)7-4-1-2-4/h4,7H,1-3H2,(H2,6,10). The van der Waals surface area contributed by atoms with Crippen LogP contribution in [0.4, 0.5) is 0 Å². The smallest absolute Gasteiger partial charge is 0.218 e. The molecule has 6 heteroatoms. The lowest BCUT2D eigenvalue weighted by molar-refractivity contribution is 0.585. The van der Waals surface area contributed by atoms with Gasteiger partial charge in [-0.3, -0.25) is 0 Å². The van der Waals surface area contributed by atoms with Gasteiger partial charge >= 0.3 is 0 Å². The molecule has 3 N–H and O–H groups in total. The second-order valence-corrected chi connectivity index (χ2v) is 4.90. The largest absolute Gasteiger partial charge is 0.392 e. The first kappa shape index (κ1) is 8.89. The number of sulfonamides is 1. The molecule has 0 aliphatic heterocycles. The molecule has 1 saturated carbocycles. The van der Waals surface area contributed by atoms with E-state index in [1.807, 2.05) is 0 Å². The highest BCUT2D eigenvalue weighted by molar-refractivity contribution is 7.92. The van der Waals surface area contributed by atoms with Crippen LogP contribution in [0.1, 0.15) is 12.8 Å². The van der Waals surface area contributed by atoms with E-state index in [4.69, 9.17) is 5.73 Å². The van der Waals surface area contributed by atoms with Crippen LogP contribution in [0.2, 0.25) is 0 Å². The van der Waals surface area contributed by atoms with Gasteiger partial charge in [-0.05, 0) is 12.8 Å². The summed E-state index contributed by atoms with van der Waals surface area (Å²) >= 11 is 4.48. The van der Waals surface area contributed by atoms with E-state index in [1.165, 1.54) is 0 Å². The lowest BCUT2D eigenvalue weighted by Crippen LogP contribution is -2.33. The van der Waals surface area contributed by atoms with Crippen LogP contribution in [0.3, 0.4) is 0 Å². The summed E-state index contributed by atoms with van der Waals surface area (Å²) in [5, 5.41) is 0. The van der Waals surface area contributed by atoms with Crippen LogP contribution in [-0.2, 0) is 10.0 Å². The normalized spacial score (nSPS) is 18.2. The molecule has 1 fully saturated rings. The molecule has 0 amide bonds. The number of nitrogens with two attached hydrogens (primary N) is 1. The van der Waals surface area contributed by atoms with Gasteiger partial charge in [0.1, 0.15) is 5.75 Å². The van der Waals surface area contributed by atoms with Gasteiger partial charge in [0.25, 0.3) is 0 Å². The van der Waals surface area contributed by atoms with E-state index in [2.05, 4.69) is 16.9 Å². The zero-order valence-corrected chi connectivity index (χ0v) is 7.54. The van der Waals surface area contributed by atoms with E-state index >= 15 is 0 Å². The van der Waals surface area contributed by atoms with E-state index in [-0.39, 0.29) is 16.8 Å². The minimum absolute atomic E-state index is 0.0122. The van der Waals surface area contributed by atoms with Crippen molar-refractivity contribution < 1.29 is 8.42 Å². The first-order valence-electron chi connectivity index (χ1n) is 3.28. The number of thiocarbonyl (C=S) groups is 1. The summed E-state index contributed by atoms with van der Waals surface area (Å²) in [7, 11) is -3.23. The van der Waals surface area contributed by atoms with Gasteiger partial charge < -0.3 is 5.73 Å². The van der Waals surface area contributed by atoms with Gasteiger partial charge in [0.2, 0.25) is 10.0 Å². The molecule has 1 aliphatic rings. The average Bonchev–Trinajstić information content (AvgIpc) is 2.43. The van der Waals surface area contributed by atoms with Crippen LogP contribution >= 0.6 is 12.2 Å². The Kier molecular flexibility index (Phi) is 2.46. The van der Waals surface area contributed by atoms with Crippen molar-refractivity contribution in [3.63, 3.8) is 0 Å². The van der Waals surface area contributed by atoms with Crippen molar-refractivity contribution >= 4 is 27.2 Å². The second-order valence-electron chi connectivity index (χ2n) is 2.62. The quantitative estimate of drug-likeness (QED) is 0.584. The summed E-state index contributed by atoms with van der Waals surface area (Å²) in [5.41, 5.74) is 5.09. The van der Waals surface area contributed by atoms with Gasteiger partial charge in [-0.25, -0.2) is 13.1 Å². The van der Waals surface area contributed by atoms with Gasteiger partial charge in [-0.1, -0.05) is 12.2 Å². The van der Waals surface area contributed by atoms with Crippen LogP contribution in [0.25, 0.3) is 0 Å². The fourth-order valence-electron chi connectivity index (χ4n) is 0.684. The van der Waals surface area contributed by atoms with E-state index in [1.54, 1.807) is 0 Å². The molecule has 0 bridgehead atoms. The molecule has 64 valence electrons. The van der Waals surface area contributed by atoms with E-state index in [0.29, 0.717) is 0 Å². The van der Waals surface area contributed by atoms with Crippen molar-refractivity contribution in [1.29, 1.82) is 0 Å².